The van der Waals surface area contributed by atoms with Gasteiger partial charge in [0.25, 0.3) is 11.5 Å². The number of halogens is 3. The zero-order valence-electron chi connectivity index (χ0n) is 16.5. The number of hydrogen-bond donors (Lipinski definition) is 1. The second kappa shape index (κ2) is 9.38. The summed E-state index contributed by atoms with van der Waals surface area (Å²) in [7, 11) is 0. The summed E-state index contributed by atoms with van der Waals surface area (Å²) in [6.45, 7) is -0.000966. The number of amides is 1. The molecule has 4 rings (SSSR count). The van der Waals surface area contributed by atoms with Crippen molar-refractivity contribution in [2.75, 3.05) is 11.9 Å². The summed E-state index contributed by atoms with van der Waals surface area (Å²) >= 11 is 12.0. The van der Waals surface area contributed by atoms with Gasteiger partial charge in [-0.2, -0.15) is 0 Å². The van der Waals surface area contributed by atoms with Crippen LogP contribution in [0.4, 0.5) is 10.1 Å². The van der Waals surface area contributed by atoms with Crippen LogP contribution in [0.15, 0.2) is 71.8 Å². The van der Waals surface area contributed by atoms with Crippen LogP contribution in [0.25, 0.3) is 10.9 Å². The largest absolute Gasteiger partial charge is 0.484 e. The summed E-state index contributed by atoms with van der Waals surface area (Å²) in [5.74, 6) is -0.445. The molecule has 162 valence electrons. The van der Waals surface area contributed by atoms with E-state index in [-0.39, 0.29) is 18.7 Å². The molecule has 6 nitrogen and oxygen atoms in total. The van der Waals surface area contributed by atoms with Crippen molar-refractivity contribution in [3.8, 4) is 5.75 Å². The highest BCUT2D eigenvalue weighted by atomic mass is 35.5. The summed E-state index contributed by atoms with van der Waals surface area (Å²) in [5.41, 5.74) is 1.46. The van der Waals surface area contributed by atoms with E-state index in [1.165, 1.54) is 35.2 Å². The van der Waals surface area contributed by atoms with Gasteiger partial charge >= 0.3 is 0 Å². The monoisotopic (exact) mass is 471 g/mol. The van der Waals surface area contributed by atoms with Gasteiger partial charge in [0, 0.05) is 5.69 Å². The highest BCUT2D eigenvalue weighted by molar-refractivity contribution is 6.42. The number of anilines is 1. The Labute approximate surface area is 192 Å². The summed E-state index contributed by atoms with van der Waals surface area (Å²) in [6.07, 6.45) is 1.46. The summed E-state index contributed by atoms with van der Waals surface area (Å²) in [5, 5.41) is 3.87. The summed E-state index contributed by atoms with van der Waals surface area (Å²) < 4.78 is 19.7. The van der Waals surface area contributed by atoms with Crippen LogP contribution in [0.3, 0.4) is 0 Å². The second-order valence-corrected chi connectivity index (χ2v) is 7.76. The minimum Gasteiger partial charge on any atom is -0.484 e. The van der Waals surface area contributed by atoms with Gasteiger partial charge in [-0.1, -0.05) is 29.3 Å². The van der Waals surface area contributed by atoms with E-state index in [1.807, 2.05) is 0 Å². The van der Waals surface area contributed by atoms with Crippen molar-refractivity contribution < 1.29 is 13.9 Å². The van der Waals surface area contributed by atoms with Gasteiger partial charge in [-0.3, -0.25) is 14.2 Å². The average molecular weight is 472 g/mol. The maximum Gasteiger partial charge on any atom is 0.262 e. The molecule has 0 saturated carbocycles. The summed E-state index contributed by atoms with van der Waals surface area (Å²) in [4.78, 5) is 29.5. The number of aromatic nitrogens is 2. The van der Waals surface area contributed by atoms with Crippen LogP contribution in [-0.4, -0.2) is 22.1 Å². The third-order valence-electron chi connectivity index (χ3n) is 4.63. The van der Waals surface area contributed by atoms with Crippen molar-refractivity contribution in [3.63, 3.8) is 0 Å². The molecule has 0 saturated heterocycles. The Morgan fingerprint density at radius 3 is 2.56 bits per heavy atom. The second-order valence-electron chi connectivity index (χ2n) is 6.95. The van der Waals surface area contributed by atoms with E-state index in [0.717, 1.165) is 5.56 Å². The first-order valence-electron chi connectivity index (χ1n) is 9.50. The van der Waals surface area contributed by atoms with Crippen LogP contribution >= 0.6 is 23.2 Å². The molecule has 0 atom stereocenters. The maximum atomic E-state index is 13.0. The number of ether oxygens (including phenoxy) is 1. The lowest BCUT2D eigenvalue weighted by Crippen LogP contribution is -2.22. The van der Waals surface area contributed by atoms with Crippen molar-refractivity contribution in [1.82, 2.24) is 9.55 Å². The lowest BCUT2D eigenvalue weighted by Gasteiger charge is -2.10. The highest BCUT2D eigenvalue weighted by Crippen LogP contribution is 2.23. The van der Waals surface area contributed by atoms with Crippen LogP contribution in [0.5, 0.6) is 5.75 Å². The zero-order valence-corrected chi connectivity index (χ0v) is 18.0. The number of carbonyl (C=O) groups is 1. The van der Waals surface area contributed by atoms with E-state index < -0.39 is 11.7 Å². The Hall–Kier alpha value is -3.42. The molecule has 1 aromatic heterocycles. The van der Waals surface area contributed by atoms with Crippen LogP contribution in [-0.2, 0) is 11.3 Å². The summed E-state index contributed by atoms with van der Waals surface area (Å²) in [6, 6.07) is 15.3. The normalized spacial score (nSPS) is 10.8. The molecule has 0 aliphatic rings. The minimum absolute atomic E-state index is 0.264. The topological polar surface area (TPSA) is 73.2 Å². The molecule has 0 aliphatic heterocycles. The fourth-order valence-electron chi connectivity index (χ4n) is 3.06. The Balaban J connectivity index is 1.50. The number of rotatable bonds is 6. The molecule has 9 heteroatoms. The lowest BCUT2D eigenvalue weighted by molar-refractivity contribution is -0.118. The molecule has 0 unspecified atom stereocenters. The number of carbonyl (C=O) groups excluding carboxylic acids is 1. The van der Waals surface area contributed by atoms with Gasteiger partial charge in [-0.25, -0.2) is 9.37 Å². The predicted molar refractivity (Wildman–Crippen MR) is 122 cm³/mol. The number of benzene rings is 3. The van der Waals surface area contributed by atoms with Gasteiger partial charge < -0.3 is 10.1 Å². The number of hydrogen-bond acceptors (Lipinski definition) is 4. The molecule has 0 spiro atoms. The van der Waals surface area contributed by atoms with E-state index in [9.17, 15) is 14.0 Å². The molecule has 4 aromatic rings. The van der Waals surface area contributed by atoms with Gasteiger partial charge in [0.1, 0.15) is 11.6 Å². The molecule has 1 amide bonds. The molecule has 0 fully saturated rings. The molecule has 0 aliphatic carbocycles. The fourth-order valence-corrected chi connectivity index (χ4v) is 3.38. The van der Waals surface area contributed by atoms with Crippen LogP contribution in [0.1, 0.15) is 5.56 Å². The van der Waals surface area contributed by atoms with E-state index in [2.05, 4.69) is 10.3 Å². The zero-order chi connectivity index (χ0) is 22.7. The number of nitrogens with zero attached hydrogens (tertiary/aromatic N) is 2. The average Bonchev–Trinajstić information content (AvgIpc) is 2.78. The van der Waals surface area contributed by atoms with E-state index in [1.54, 1.807) is 36.4 Å². The van der Waals surface area contributed by atoms with Crippen molar-refractivity contribution >= 4 is 45.7 Å². The highest BCUT2D eigenvalue weighted by Gasteiger charge is 2.09. The van der Waals surface area contributed by atoms with E-state index >= 15 is 0 Å². The SMILES string of the molecule is O=C(COc1ccc(F)cc1)Nc1ccc2ncn(Cc3ccc(Cl)c(Cl)c3)c(=O)c2c1. The van der Waals surface area contributed by atoms with Crippen molar-refractivity contribution in [2.24, 2.45) is 0 Å². The van der Waals surface area contributed by atoms with Gasteiger partial charge in [-0.15, -0.1) is 0 Å². The molecule has 0 bridgehead atoms. The Kier molecular flexibility index (Phi) is 6.39. The number of nitrogens with one attached hydrogen (secondary N) is 1. The fraction of sp³-hybridized carbons (Fsp3) is 0.0870. The van der Waals surface area contributed by atoms with Gasteiger partial charge in [0.05, 0.1) is 33.8 Å². The van der Waals surface area contributed by atoms with E-state index in [4.69, 9.17) is 27.9 Å². The van der Waals surface area contributed by atoms with E-state index in [0.29, 0.717) is 32.4 Å². The first kappa shape index (κ1) is 21.8. The molecule has 1 N–H and O–H groups in total. The third kappa shape index (κ3) is 5.07. The number of fused-ring (bicyclic) bond motifs is 1. The first-order chi connectivity index (χ1) is 15.4. The smallest absolute Gasteiger partial charge is 0.262 e. The van der Waals surface area contributed by atoms with Crippen LogP contribution in [0, 0.1) is 5.82 Å². The Morgan fingerprint density at radius 2 is 1.81 bits per heavy atom. The van der Waals surface area contributed by atoms with Gasteiger partial charge in [0.15, 0.2) is 6.61 Å². The first-order valence-corrected chi connectivity index (χ1v) is 10.3. The van der Waals surface area contributed by atoms with Crippen LogP contribution < -0.4 is 15.6 Å². The minimum atomic E-state index is -0.423. The van der Waals surface area contributed by atoms with Crippen molar-refractivity contribution in [2.45, 2.75) is 6.54 Å². The van der Waals surface area contributed by atoms with Crippen molar-refractivity contribution in [3.05, 3.63) is 98.8 Å². The Morgan fingerprint density at radius 1 is 1.03 bits per heavy atom. The maximum absolute atomic E-state index is 13.0. The third-order valence-corrected chi connectivity index (χ3v) is 5.37. The molecule has 1 heterocycles. The van der Waals surface area contributed by atoms with Crippen LogP contribution in [0.2, 0.25) is 10.0 Å². The predicted octanol–water partition coefficient (Wildman–Crippen LogP) is 4.91. The molecule has 32 heavy (non-hydrogen) atoms. The Bertz CT molecular complexity index is 1360. The van der Waals surface area contributed by atoms with Gasteiger partial charge in [0.2, 0.25) is 0 Å². The lowest BCUT2D eigenvalue weighted by atomic mass is 10.2. The molecule has 0 radical (unpaired) electrons. The standard InChI is InChI=1S/C23H16Cl2FN3O3/c24-19-7-1-14(9-20(19)25)11-29-13-27-21-8-4-16(10-18(21)23(29)31)28-22(30)12-32-17-5-2-15(26)3-6-17/h1-10,13H,11-12H2,(H,28,30). The quantitative estimate of drug-likeness (QED) is 0.433. The van der Waals surface area contributed by atoms with Gasteiger partial charge in [-0.05, 0) is 60.2 Å². The van der Waals surface area contributed by atoms with Crippen molar-refractivity contribution in [1.29, 1.82) is 0 Å². The molecular weight excluding hydrogens is 456 g/mol. The molecule has 3 aromatic carbocycles. The molecular formula is C23H16Cl2FN3O3.